The fraction of sp³-hybridized carbons (Fsp3) is 0.231. The number of rotatable bonds is 4. The summed E-state index contributed by atoms with van der Waals surface area (Å²) >= 11 is 1.56. The first-order valence-electron chi connectivity index (χ1n) is 5.73. The summed E-state index contributed by atoms with van der Waals surface area (Å²) in [5.41, 5.74) is 6.67. The highest BCUT2D eigenvalue weighted by molar-refractivity contribution is 7.11. The summed E-state index contributed by atoms with van der Waals surface area (Å²) < 4.78 is 5.04. The normalized spacial score (nSPS) is 10.2. The molecule has 19 heavy (non-hydrogen) atoms. The second-order valence-electron chi connectivity index (χ2n) is 3.98. The molecule has 0 aliphatic heterocycles. The van der Waals surface area contributed by atoms with Gasteiger partial charge >= 0.3 is 0 Å². The topological polar surface area (TPSA) is 77.2 Å². The third kappa shape index (κ3) is 3.23. The van der Waals surface area contributed by atoms with E-state index in [1.807, 2.05) is 6.92 Å². The highest BCUT2D eigenvalue weighted by atomic mass is 32.1. The van der Waals surface area contributed by atoms with Gasteiger partial charge in [0.15, 0.2) is 0 Å². The van der Waals surface area contributed by atoms with E-state index >= 15 is 0 Å². The average molecular weight is 277 g/mol. The Kier molecular flexibility index (Phi) is 4.01. The van der Waals surface area contributed by atoms with Crippen LogP contribution in [-0.4, -0.2) is 18.0 Å². The number of methoxy groups -OCH3 is 1. The molecule has 3 N–H and O–H groups in total. The minimum Gasteiger partial charge on any atom is -0.497 e. The Morgan fingerprint density at radius 2 is 2.32 bits per heavy atom. The van der Waals surface area contributed by atoms with Crippen molar-refractivity contribution < 1.29 is 9.53 Å². The smallest absolute Gasteiger partial charge is 0.253 e. The molecule has 0 unspecified atom stereocenters. The molecular formula is C13H15N3O2S. The molecular weight excluding hydrogens is 262 g/mol. The first kappa shape index (κ1) is 13.4. The predicted molar refractivity (Wildman–Crippen MR) is 75.4 cm³/mol. The lowest BCUT2D eigenvalue weighted by molar-refractivity contribution is 0.0952. The summed E-state index contributed by atoms with van der Waals surface area (Å²) in [6.45, 7) is 2.38. The number of ether oxygens (including phenoxy) is 1. The molecule has 0 aliphatic rings. The number of benzene rings is 1. The lowest BCUT2D eigenvalue weighted by Gasteiger charge is -2.08. The third-order valence-corrected chi connectivity index (χ3v) is 3.51. The maximum atomic E-state index is 12.0. The number of hydrogen-bond donors (Lipinski definition) is 2. The Balaban J connectivity index is 2.03. The maximum Gasteiger partial charge on any atom is 0.253 e. The number of nitrogens with two attached hydrogens (primary N) is 1. The molecule has 5 nitrogen and oxygen atoms in total. The molecule has 6 heteroatoms. The molecule has 0 aliphatic carbocycles. The number of nitrogen functional groups attached to an aromatic ring is 1. The molecule has 1 amide bonds. The van der Waals surface area contributed by atoms with E-state index in [9.17, 15) is 4.79 Å². The van der Waals surface area contributed by atoms with Gasteiger partial charge in [0, 0.05) is 22.8 Å². The van der Waals surface area contributed by atoms with Crippen LogP contribution in [0.2, 0.25) is 0 Å². The maximum absolute atomic E-state index is 12.0. The standard InChI is InChI=1S/C13H15N3O2S/c1-8-15-6-10(19-8)7-16-13(17)11-4-3-9(18-2)5-12(11)14/h3-6H,7,14H2,1-2H3,(H,16,17). The van der Waals surface area contributed by atoms with Gasteiger partial charge in [-0.05, 0) is 19.1 Å². The number of carbonyl (C=O) groups excluding carboxylic acids is 1. The molecule has 0 saturated heterocycles. The number of amides is 1. The first-order chi connectivity index (χ1) is 9.10. The summed E-state index contributed by atoms with van der Waals surface area (Å²) in [6, 6.07) is 5.00. The Labute approximate surface area is 115 Å². The lowest BCUT2D eigenvalue weighted by Crippen LogP contribution is -2.23. The highest BCUT2D eigenvalue weighted by Crippen LogP contribution is 2.19. The summed E-state index contributed by atoms with van der Waals surface area (Å²) in [5.74, 6) is 0.429. The monoisotopic (exact) mass is 277 g/mol. The van der Waals surface area contributed by atoms with E-state index in [2.05, 4.69) is 10.3 Å². The Morgan fingerprint density at radius 3 is 2.89 bits per heavy atom. The van der Waals surface area contributed by atoms with Crippen molar-refractivity contribution in [2.45, 2.75) is 13.5 Å². The van der Waals surface area contributed by atoms with Crippen LogP contribution in [0.25, 0.3) is 0 Å². The van der Waals surface area contributed by atoms with Gasteiger partial charge in [-0.25, -0.2) is 4.98 Å². The quantitative estimate of drug-likeness (QED) is 0.838. The largest absolute Gasteiger partial charge is 0.497 e. The first-order valence-corrected chi connectivity index (χ1v) is 6.55. The van der Waals surface area contributed by atoms with Crippen molar-refractivity contribution in [2.75, 3.05) is 12.8 Å². The number of anilines is 1. The molecule has 2 rings (SSSR count). The van der Waals surface area contributed by atoms with Crippen LogP contribution in [0.1, 0.15) is 20.2 Å². The molecule has 0 radical (unpaired) electrons. The lowest BCUT2D eigenvalue weighted by atomic mass is 10.1. The predicted octanol–water partition coefficient (Wildman–Crippen LogP) is 1.97. The molecule has 0 spiro atoms. The van der Waals surface area contributed by atoms with Crippen molar-refractivity contribution in [3.05, 3.63) is 39.8 Å². The number of nitrogens with one attached hydrogen (secondary N) is 1. The fourth-order valence-electron chi connectivity index (χ4n) is 1.62. The van der Waals surface area contributed by atoms with Crippen LogP contribution in [0.4, 0.5) is 5.69 Å². The van der Waals surface area contributed by atoms with Crippen LogP contribution >= 0.6 is 11.3 Å². The molecule has 0 fully saturated rings. The SMILES string of the molecule is COc1ccc(C(=O)NCc2cnc(C)s2)c(N)c1. The molecule has 0 saturated carbocycles. The van der Waals surface area contributed by atoms with Crippen LogP contribution in [0, 0.1) is 6.92 Å². The van der Waals surface area contributed by atoms with E-state index in [0.29, 0.717) is 23.5 Å². The number of hydrogen-bond acceptors (Lipinski definition) is 5. The van der Waals surface area contributed by atoms with E-state index in [-0.39, 0.29) is 5.91 Å². The van der Waals surface area contributed by atoms with Gasteiger partial charge in [0.25, 0.3) is 5.91 Å². The van der Waals surface area contributed by atoms with Crippen LogP contribution < -0.4 is 15.8 Å². The van der Waals surface area contributed by atoms with Gasteiger partial charge in [-0.2, -0.15) is 0 Å². The molecule has 100 valence electrons. The number of thiazole rings is 1. The molecule has 0 atom stereocenters. The second-order valence-corrected chi connectivity index (χ2v) is 5.30. The van der Waals surface area contributed by atoms with Crippen molar-refractivity contribution in [2.24, 2.45) is 0 Å². The van der Waals surface area contributed by atoms with Crippen LogP contribution in [0.3, 0.4) is 0 Å². The molecule has 1 heterocycles. The van der Waals surface area contributed by atoms with Gasteiger partial charge in [-0.15, -0.1) is 11.3 Å². The van der Waals surface area contributed by atoms with Gasteiger partial charge in [0.2, 0.25) is 0 Å². The second kappa shape index (κ2) is 5.71. The summed E-state index contributed by atoms with van der Waals surface area (Å²) in [4.78, 5) is 17.1. The number of carbonyl (C=O) groups is 1. The van der Waals surface area contributed by atoms with E-state index in [0.717, 1.165) is 9.88 Å². The third-order valence-electron chi connectivity index (χ3n) is 2.60. The zero-order valence-corrected chi connectivity index (χ0v) is 11.6. The minimum absolute atomic E-state index is 0.203. The van der Waals surface area contributed by atoms with Crippen molar-refractivity contribution >= 4 is 22.9 Å². The zero-order valence-electron chi connectivity index (χ0n) is 10.8. The van der Waals surface area contributed by atoms with Crippen molar-refractivity contribution in [3.8, 4) is 5.75 Å². The van der Waals surface area contributed by atoms with Crippen LogP contribution in [0.5, 0.6) is 5.75 Å². The molecule has 2 aromatic rings. The number of aromatic nitrogens is 1. The van der Waals surface area contributed by atoms with Gasteiger partial charge in [0.05, 0.1) is 24.2 Å². The number of nitrogens with zero attached hydrogens (tertiary/aromatic N) is 1. The fourth-order valence-corrected chi connectivity index (χ4v) is 2.36. The Bertz CT molecular complexity index is 595. The van der Waals surface area contributed by atoms with E-state index in [1.165, 1.54) is 0 Å². The van der Waals surface area contributed by atoms with Crippen LogP contribution in [0.15, 0.2) is 24.4 Å². The Morgan fingerprint density at radius 1 is 1.53 bits per heavy atom. The van der Waals surface area contributed by atoms with Gasteiger partial charge in [-0.3, -0.25) is 4.79 Å². The van der Waals surface area contributed by atoms with Crippen LogP contribution in [-0.2, 0) is 6.54 Å². The van der Waals surface area contributed by atoms with Crippen molar-refractivity contribution in [1.29, 1.82) is 0 Å². The Hall–Kier alpha value is -2.08. The van der Waals surface area contributed by atoms with Gasteiger partial charge in [-0.1, -0.05) is 0 Å². The highest BCUT2D eigenvalue weighted by Gasteiger charge is 2.10. The van der Waals surface area contributed by atoms with E-state index in [1.54, 1.807) is 42.8 Å². The summed E-state index contributed by atoms with van der Waals surface area (Å²) in [6.07, 6.45) is 1.76. The molecule has 1 aromatic carbocycles. The minimum atomic E-state index is -0.203. The zero-order chi connectivity index (χ0) is 13.8. The average Bonchev–Trinajstić information content (AvgIpc) is 2.81. The van der Waals surface area contributed by atoms with Crippen molar-refractivity contribution in [3.63, 3.8) is 0 Å². The summed E-state index contributed by atoms with van der Waals surface area (Å²) in [5, 5.41) is 3.80. The number of aryl methyl sites for hydroxylation is 1. The summed E-state index contributed by atoms with van der Waals surface area (Å²) in [7, 11) is 1.56. The van der Waals surface area contributed by atoms with E-state index < -0.39 is 0 Å². The van der Waals surface area contributed by atoms with Gasteiger partial charge < -0.3 is 15.8 Å². The van der Waals surface area contributed by atoms with E-state index in [4.69, 9.17) is 10.5 Å². The van der Waals surface area contributed by atoms with Crippen molar-refractivity contribution in [1.82, 2.24) is 10.3 Å². The molecule has 0 bridgehead atoms. The molecule has 1 aromatic heterocycles. The van der Waals surface area contributed by atoms with Gasteiger partial charge in [0.1, 0.15) is 5.75 Å².